The molecular formula is C27H32N4O4. The second kappa shape index (κ2) is 8.61. The van der Waals surface area contributed by atoms with Gasteiger partial charge in [0, 0.05) is 29.6 Å². The number of phenolic OH excluding ortho intramolecular Hbond substituents is 1. The van der Waals surface area contributed by atoms with E-state index in [2.05, 4.69) is 4.98 Å². The summed E-state index contributed by atoms with van der Waals surface area (Å²) in [6, 6.07) is 12.0. The fourth-order valence-electron chi connectivity index (χ4n) is 5.69. The number of hydrogen-bond acceptors (Lipinski definition) is 5. The zero-order valence-electron chi connectivity index (χ0n) is 20.7. The smallest absolute Gasteiger partial charge is 0.328 e. The molecular weight excluding hydrogens is 444 g/mol. The molecule has 5 rings (SSSR count). The number of H-pyrrole nitrogens is 1. The topological polar surface area (TPSA) is 89.1 Å². The van der Waals surface area contributed by atoms with Crippen LogP contribution in [-0.2, 0) is 11.2 Å². The summed E-state index contributed by atoms with van der Waals surface area (Å²) in [5.41, 5.74) is 2.59. The fourth-order valence-corrected chi connectivity index (χ4v) is 5.69. The average Bonchev–Trinajstić information content (AvgIpc) is 3.30. The molecule has 184 valence electrons. The van der Waals surface area contributed by atoms with E-state index in [1.54, 1.807) is 30.2 Å². The molecule has 0 spiro atoms. The van der Waals surface area contributed by atoms with Crippen LogP contribution in [0.5, 0.6) is 11.5 Å². The highest BCUT2D eigenvalue weighted by atomic mass is 16.5. The van der Waals surface area contributed by atoms with Crippen molar-refractivity contribution in [1.82, 2.24) is 19.7 Å². The molecule has 0 aliphatic carbocycles. The maximum atomic E-state index is 14.0. The van der Waals surface area contributed by atoms with E-state index in [1.165, 1.54) is 4.90 Å². The van der Waals surface area contributed by atoms with Crippen molar-refractivity contribution in [1.29, 1.82) is 0 Å². The second-order valence-corrected chi connectivity index (χ2v) is 9.75. The third kappa shape index (κ3) is 3.55. The van der Waals surface area contributed by atoms with Crippen LogP contribution in [0, 0.1) is 0 Å². The molecule has 8 nitrogen and oxygen atoms in total. The maximum absolute atomic E-state index is 14.0. The van der Waals surface area contributed by atoms with Crippen molar-refractivity contribution in [2.24, 2.45) is 0 Å². The summed E-state index contributed by atoms with van der Waals surface area (Å²) in [5, 5.41) is 11.3. The number of benzene rings is 2. The average molecular weight is 477 g/mol. The number of nitrogens with zero attached hydrogens (tertiary/aromatic N) is 3. The zero-order valence-corrected chi connectivity index (χ0v) is 20.7. The largest absolute Gasteiger partial charge is 0.508 e. The first-order valence-electron chi connectivity index (χ1n) is 12.1. The van der Waals surface area contributed by atoms with Gasteiger partial charge in [-0.05, 0) is 74.9 Å². The summed E-state index contributed by atoms with van der Waals surface area (Å²) in [6.45, 7) is 3.14. The lowest BCUT2D eigenvalue weighted by Crippen LogP contribution is -2.55. The van der Waals surface area contributed by atoms with Crippen molar-refractivity contribution in [3.8, 4) is 11.5 Å². The summed E-state index contributed by atoms with van der Waals surface area (Å²) < 4.78 is 5.48. The van der Waals surface area contributed by atoms with Gasteiger partial charge in [0.15, 0.2) is 0 Å². The number of imide groups is 1. The highest BCUT2D eigenvalue weighted by molar-refractivity contribution is 6.08. The highest BCUT2D eigenvalue weighted by Gasteiger charge is 2.61. The van der Waals surface area contributed by atoms with Gasteiger partial charge in [0.05, 0.1) is 7.11 Å². The lowest BCUT2D eigenvalue weighted by molar-refractivity contribution is -0.134. The number of carbonyl (C=O) groups excluding carboxylic acids is 2. The van der Waals surface area contributed by atoms with Crippen molar-refractivity contribution >= 4 is 22.8 Å². The van der Waals surface area contributed by atoms with Gasteiger partial charge in [-0.1, -0.05) is 19.1 Å². The Kier molecular flexibility index (Phi) is 5.71. The molecule has 2 N–H and O–H groups in total. The molecule has 2 aromatic carbocycles. The lowest BCUT2D eigenvalue weighted by Gasteiger charge is -2.44. The maximum Gasteiger partial charge on any atom is 0.328 e. The number of nitrogens with one attached hydrogen (secondary N) is 1. The molecule has 3 amide bonds. The molecule has 0 unspecified atom stereocenters. The second-order valence-electron chi connectivity index (χ2n) is 9.75. The molecule has 2 atom stereocenters. The molecule has 2 aliphatic rings. The quantitative estimate of drug-likeness (QED) is 0.505. The van der Waals surface area contributed by atoms with Crippen LogP contribution in [0.15, 0.2) is 42.5 Å². The number of hydrogen-bond donors (Lipinski definition) is 2. The van der Waals surface area contributed by atoms with E-state index in [0.29, 0.717) is 25.8 Å². The summed E-state index contributed by atoms with van der Waals surface area (Å²) in [6.07, 6.45) is 1.63. The minimum atomic E-state index is -0.990. The molecule has 8 heteroatoms. The molecule has 1 aromatic heterocycles. The first kappa shape index (κ1) is 23.2. The van der Waals surface area contributed by atoms with Gasteiger partial charge in [-0.3, -0.25) is 14.6 Å². The first-order chi connectivity index (χ1) is 16.8. The van der Waals surface area contributed by atoms with Gasteiger partial charge in [0.2, 0.25) is 0 Å². The van der Waals surface area contributed by atoms with E-state index < -0.39 is 11.6 Å². The van der Waals surface area contributed by atoms with Crippen LogP contribution >= 0.6 is 0 Å². The number of methoxy groups -OCH3 is 1. The van der Waals surface area contributed by atoms with Crippen LogP contribution in [0.4, 0.5) is 4.79 Å². The molecule has 0 saturated carbocycles. The van der Waals surface area contributed by atoms with Crippen LogP contribution in [-0.4, -0.2) is 76.6 Å². The highest BCUT2D eigenvalue weighted by Crippen LogP contribution is 2.50. The molecule has 0 bridgehead atoms. The van der Waals surface area contributed by atoms with Crippen LogP contribution in [0.3, 0.4) is 0 Å². The standard InChI is InChI=1S/C27H32N4O4/c1-5-27-16-21-20-15-19(35-4)10-11-22(20)28-23(21)24(17-8-6-9-18(32)14-17)31(27)26(34)30(25(27)33)13-7-12-29(2)3/h6,8-11,14-15,24,28,32H,5,7,12-13,16H2,1-4H3/t24-,27+/m1/s1. The predicted octanol–water partition coefficient (Wildman–Crippen LogP) is 3.89. The van der Waals surface area contributed by atoms with Gasteiger partial charge in [-0.25, -0.2) is 4.79 Å². The minimum Gasteiger partial charge on any atom is -0.508 e. The third-order valence-corrected chi connectivity index (χ3v) is 7.45. The Balaban J connectivity index is 1.69. The van der Waals surface area contributed by atoms with E-state index >= 15 is 0 Å². The fraction of sp³-hybridized carbons (Fsp3) is 0.407. The van der Waals surface area contributed by atoms with E-state index in [0.717, 1.165) is 40.0 Å². The van der Waals surface area contributed by atoms with Crippen LogP contribution < -0.4 is 4.74 Å². The number of aromatic hydroxyl groups is 1. The molecule has 0 radical (unpaired) electrons. The Morgan fingerprint density at radius 2 is 2.00 bits per heavy atom. The van der Waals surface area contributed by atoms with Crippen LogP contribution in [0.1, 0.15) is 42.6 Å². The number of carbonyl (C=O) groups is 2. The number of aromatic amines is 1. The Bertz CT molecular complexity index is 1300. The molecule has 35 heavy (non-hydrogen) atoms. The van der Waals surface area contributed by atoms with Gasteiger partial charge in [-0.2, -0.15) is 0 Å². The van der Waals surface area contributed by atoms with Crippen molar-refractivity contribution in [2.75, 3.05) is 34.3 Å². The van der Waals surface area contributed by atoms with Gasteiger partial charge in [-0.15, -0.1) is 0 Å². The number of amides is 3. The zero-order chi connectivity index (χ0) is 24.9. The van der Waals surface area contributed by atoms with E-state index in [1.807, 2.05) is 50.2 Å². The Hall–Kier alpha value is -3.52. The van der Waals surface area contributed by atoms with Gasteiger partial charge < -0.3 is 19.7 Å². The molecule has 1 saturated heterocycles. The monoisotopic (exact) mass is 476 g/mol. The molecule has 1 fully saturated rings. The lowest BCUT2D eigenvalue weighted by atomic mass is 9.78. The third-order valence-electron chi connectivity index (χ3n) is 7.45. The van der Waals surface area contributed by atoms with Gasteiger partial charge in [0.25, 0.3) is 5.91 Å². The first-order valence-corrected chi connectivity index (χ1v) is 12.1. The summed E-state index contributed by atoms with van der Waals surface area (Å²) in [5.74, 6) is 0.715. The minimum absolute atomic E-state index is 0.121. The number of phenols is 1. The van der Waals surface area contributed by atoms with Crippen molar-refractivity contribution < 1.29 is 19.4 Å². The van der Waals surface area contributed by atoms with Crippen molar-refractivity contribution in [2.45, 2.75) is 37.8 Å². The van der Waals surface area contributed by atoms with E-state index in [4.69, 9.17) is 4.74 Å². The number of rotatable bonds is 7. The molecule has 3 heterocycles. The van der Waals surface area contributed by atoms with Crippen molar-refractivity contribution in [3.63, 3.8) is 0 Å². The summed E-state index contributed by atoms with van der Waals surface area (Å²) >= 11 is 0. The SMILES string of the molecule is CC[C@@]12Cc3c([nH]c4ccc(OC)cc34)[C@@H](c3cccc(O)c3)N1C(=O)N(CCCN(C)C)C2=O. The summed E-state index contributed by atoms with van der Waals surface area (Å²) in [4.78, 5) is 36.7. The Morgan fingerprint density at radius 3 is 2.69 bits per heavy atom. The number of aromatic nitrogens is 1. The molecule has 3 aromatic rings. The van der Waals surface area contributed by atoms with E-state index in [-0.39, 0.29) is 17.7 Å². The van der Waals surface area contributed by atoms with Crippen LogP contribution in [0.25, 0.3) is 10.9 Å². The Labute approximate surface area is 205 Å². The van der Waals surface area contributed by atoms with Gasteiger partial charge in [0.1, 0.15) is 23.1 Å². The number of fused-ring (bicyclic) bond motifs is 4. The predicted molar refractivity (Wildman–Crippen MR) is 134 cm³/mol. The van der Waals surface area contributed by atoms with E-state index in [9.17, 15) is 14.7 Å². The number of ether oxygens (including phenoxy) is 1. The normalized spacial score (nSPS) is 21.7. The van der Waals surface area contributed by atoms with Crippen LogP contribution in [0.2, 0.25) is 0 Å². The number of urea groups is 1. The summed E-state index contributed by atoms with van der Waals surface area (Å²) in [7, 11) is 5.60. The molecule has 2 aliphatic heterocycles. The van der Waals surface area contributed by atoms with Crippen molar-refractivity contribution in [3.05, 3.63) is 59.3 Å². The van der Waals surface area contributed by atoms with Gasteiger partial charge >= 0.3 is 6.03 Å². The Morgan fingerprint density at radius 1 is 1.20 bits per heavy atom.